The molecule has 1 amide bonds. The Morgan fingerprint density at radius 1 is 1.39 bits per heavy atom. The highest BCUT2D eigenvalue weighted by molar-refractivity contribution is 5.97. The molecule has 0 aliphatic rings. The maximum Gasteiger partial charge on any atom is 0.255 e. The van der Waals surface area contributed by atoms with Crippen LogP contribution >= 0.6 is 0 Å². The Kier molecular flexibility index (Phi) is 4.38. The van der Waals surface area contributed by atoms with E-state index in [1.54, 1.807) is 18.2 Å². The molecule has 100 valence electrons. The minimum Gasteiger partial charge on any atom is -0.507 e. The number of rotatable bonds is 4. The average Bonchev–Trinajstić information content (AvgIpc) is 2.29. The van der Waals surface area contributed by atoms with Crippen LogP contribution in [0, 0.1) is 18.3 Å². The second kappa shape index (κ2) is 5.42. The second-order valence-corrected chi connectivity index (χ2v) is 5.85. The molecule has 1 aromatic rings. The van der Waals surface area contributed by atoms with E-state index >= 15 is 0 Å². The molecule has 3 nitrogen and oxygen atoms in total. The third-order valence-corrected chi connectivity index (χ3v) is 3.66. The second-order valence-electron chi connectivity index (χ2n) is 5.85. The van der Waals surface area contributed by atoms with Crippen molar-refractivity contribution in [3.05, 3.63) is 29.3 Å². The number of benzene rings is 1. The summed E-state index contributed by atoms with van der Waals surface area (Å²) in [6, 6.07) is 5.04. The van der Waals surface area contributed by atoms with Gasteiger partial charge in [0.25, 0.3) is 5.91 Å². The van der Waals surface area contributed by atoms with Crippen molar-refractivity contribution in [3.8, 4) is 5.75 Å². The first-order chi connectivity index (χ1) is 8.24. The van der Waals surface area contributed by atoms with Crippen LogP contribution in [0.15, 0.2) is 18.2 Å². The highest BCUT2D eigenvalue weighted by Crippen LogP contribution is 2.25. The van der Waals surface area contributed by atoms with Gasteiger partial charge in [0.05, 0.1) is 5.56 Å². The maximum absolute atomic E-state index is 12.0. The van der Waals surface area contributed by atoms with Crippen LogP contribution in [-0.2, 0) is 0 Å². The van der Waals surface area contributed by atoms with Crippen molar-refractivity contribution in [3.63, 3.8) is 0 Å². The van der Waals surface area contributed by atoms with Crippen LogP contribution in [-0.4, -0.2) is 17.6 Å². The number of hydrogen-bond acceptors (Lipinski definition) is 2. The van der Waals surface area contributed by atoms with Crippen molar-refractivity contribution in [1.29, 1.82) is 0 Å². The van der Waals surface area contributed by atoms with Crippen LogP contribution in [0.3, 0.4) is 0 Å². The molecule has 0 aromatic heterocycles. The first-order valence-electron chi connectivity index (χ1n) is 6.32. The van der Waals surface area contributed by atoms with E-state index < -0.39 is 0 Å². The molecule has 0 saturated carbocycles. The van der Waals surface area contributed by atoms with Crippen LogP contribution in [0.4, 0.5) is 0 Å². The number of nitrogens with one attached hydrogen (secondary N) is 1. The smallest absolute Gasteiger partial charge is 0.255 e. The summed E-state index contributed by atoms with van der Waals surface area (Å²) in [4.78, 5) is 12.0. The fraction of sp³-hybridized carbons (Fsp3) is 0.533. The van der Waals surface area contributed by atoms with Gasteiger partial charge in [-0.3, -0.25) is 4.79 Å². The van der Waals surface area contributed by atoms with Gasteiger partial charge < -0.3 is 10.4 Å². The molecule has 0 saturated heterocycles. The van der Waals surface area contributed by atoms with Gasteiger partial charge in [0.1, 0.15) is 5.75 Å². The van der Waals surface area contributed by atoms with Crippen molar-refractivity contribution in [2.24, 2.45) is 11.3 Å². The monoisotopic (exact) mass is 249 g/mol. The maximum atomic E-state index is 12.0. The standard InChI is InChI=1S/C15H23NO2/c1-10(2)15(4,5)9-16-14(18)12-8-11(3)6-7-13(12)17/h6-8,10,17H,9H2,1-5H3,(H,16,18). The normalized spacial score (nSPS) is 11.7. The van der Waals surface area contributed by atoms with Gasteiger partial charge in [0.2, 0.25) is 0 Å². The Hall–Kier alpha value is -1.51. The molecule has 18 heavy (non-hydrogen) atoms. The van der Waals surface area contributed by atoms with Gasteiger partial charge >= 0.3 is 0 Å². The van der Waals surface area contributed by atoms with Gasteiger partial charge in [0, 0.05) is 6.54 Å². The minimum atomic E-state index is -0.218. The molecular formula is C15H23NO2. The molecule has 0 heterocycles. The predicted molar refractivity (Wildman–Crippen MR) is 73.8 cm³/mol. The summed E-state index contributed by atoms with van der Waals surface area (Å²) in [6.07, 6.45) is 0. The first-order valence-corrected chi connectivity index (χ1v) is 6.32. The number of phenols is 1. The van der Waals surface area contributed by atoms with Gasteiger partial charge in [0.15, 0.2) is 0 Å². The fourth-order valence-corrected chi connectivity index (χ4v) is 1.44. The zero-order valence-corrected chi connectivity index (χ0v) is 11.9. The Morgan fingerprint density at radius 3 is 2.56 bits per heavy atom. The van der Waals surface area contributed by atoms with Crippen molar-refractivity contribution >= 4 is 5.91 Å². The fourth-order valence-electron chi connectivity index (χ4n) is 1.44. The zero-order valence-electron chi connectivity index (χ0n) is 11.9. The van der Waals surface area contributed by atoms with E-state index in [0.717, 1.165) is 5.56 Å². The van der Waals surface area contributed by atoms with E-state index in [-0.39, 0.29) is 17.1 Å². The molecule has 0 fully saturated rings. The molecule has 0 bridgehead atoms. The summed E-state index contributed by atoms with van der Waals surface area (Å²) in [7, 11) is 0. The molecule has 0 spiro atoms. The van der Waals surface area contributed by atoms with Gasteiger partial charge in [-0.15, -0.1) is 0 Å². The van der Waals surface area contributed by atoms with Crippen molar-refractivity contribution in [1.82, 2.24) is 5.32 Å². The molecule has 1 rings (SSSR count). The molecule has 0 atom stereocenters. The highest BCUT2D eigenvalue weighted by atomic mass is 16.3. The summed E-state index contributed by atoms with van der Waals surface area (Å²) in [5.41, 5.74) is 1.34. The van der Waals surface area contributed by atoms with Crippen LogP contribution in [0.2, 0.25) is 0 Å². The molecule has 0 unspecified atom stereocenters. The molecular weight excluding hydrogens is 226 g/mol. The van der Waals surface area contributed by atoms with Gasteiger partial charge in [-0.05, 0) is 30.4 Å². The SMILES string of the molecule is Cc1ccc(O)c(C(=O)NCC(C)(C)C(C)C)c1. The summed E-state index contributed by atoms with van der Waals surface area (Å²) in [6.45, 7) is 11.0. The molecule has 0 aliphatic heterocycles. The Labute approximate surface area is 109 Å². The number of hydrogen-bond donors (Lipinski definition) is 2. The lowest BCUT2D eigenvalue weighted by Crippen LogP contribution is -2.37. The number of amides is 1. The lowest BCUT2D eigenvalue weighted by atomic mass is 9.81. The van der Waals surface area contributed by atoms with Crippen LogP contribution in [0.5, 0.6) is 5.75 Å². The van der Waals surface area contributed by atoms with Crippen molar-refractivity contribution in [2.75, 3.05) is 6.54 Å². The highest BCUT2D eigenvalue weighted by Gasteiger charge is 2.23. The quantitative estimate of drug-likeness (QED) is 0.861. The van der Waals surface area contributed by atoms with Crippen LogP contribution in [0.25, 0.3) is 0 Å². The van der Waals surface area contributed by atoms with E-state index in [2.05, 4.69) is 33.0 Å². The number of carbonyl (C=O) groups is 1. The Morgan fingerprint density at radius 2 is 2.00 bits per heavy atom. The summed E-state index contributed by atoms with van der Waals surface area (Å²) in [5.74, 6) is 0.286. The van der Waals surface area contributed by atoms with Crippen LogP contribution in [0.1, 0.15) is 43.6 Å². The van der Waals surface area contributed by atoms with E-state index in [1.807, 2.05) is 6.92 Å². The molecule has 1 aromatic carbocycles. The van der Waals surface area contributed by atoms with Gasteiger partial charge in [-0.2, -0.15) is 0 Å². The number of aromatic hydroxyl groups is 1. The summed E-state index contributed by atoms with van der Waals surface area (Å²) < 4.78 is 0. The van der Waals surface area contributed by atoms with Gasteiger partial charge in [-0.25, -0.2) is 0 Å². The predicted octanol–water partition coefficient (Wildman–Crippen LogP) is 3.11. The Balaban J connectivity index is 2.75. The lowest BCUT2D eigenvalue weighted by molar-refractivity contribution is 0.0922. The third kappa shape index (κ3) is 3.49. The van der Waals surface area contributed by atoms with Crippen molar-refractivity contribution < 1.29 is 9.90 Å². The third-order valence-electron chi connectivity index (χ3n) is 3.66. The number of aryl methyl sites for hydroxylation is 1. The topological polar surface area (TPSA) is 49.3 Å². The van der Waals surface area contributed by atoms with E-state index in [0.29, 0.717) is 18.0 Å². The largest absolute Gasteiger partial charge is 0.507 e. The van der Waals surface area contributed by atoms with E-state index in [1.165, 1.54) is 0 Å². The van der Waals surface area contributed by atoms with Crippen molar-refractivity contribution in [2.45, 2.75) is 34.6 Å². The average molecular weight is 249 g/mol. The van der Waals surface area contributed by atoms with Crippen LogP contribution < -0.4 is 5.32 Å². The molecule has 2 N–H and O–H groups in total. The van der Waals surface area contributed by atoms with Gasteiger partial charge in [-0.1, -0.05) is 39.3 Å². The molecule has 0 aliphatic carbocycles. The molecule has 0 radical (unpaired) electrons. The number of phenolic OH excluding ortho intramolecular Hbond substituents is 1. The number of carbonyl (C=O) groups excluding carboxylic acids is 1. The lowest BCUT2D eigenvalue weighted by Gasteiger charge is -2.29. The molecule has 3 heteroatoms. The summed E-state index contributed by atoms with van der Waals surface area (Å²) in [5, 5.41) is 12.6. The van der Waals surface area contributed by atoms with E-state index in [9.17, 15) is 9.90 Å². The minimum absolute atomic E-state index is 0.0282. The zero-order chi connectivity index (χ0) is 13.9. The van der Waals surface area contributed by atoms with E-state index in [4.69, 9.17) is 0 Å². The first kappa shape index (κ1) is 14.6. The Bertz CT molecular complexity index is 436. The summed E-state index contributed by atoms with van der Waals surface area (Å²) >= 11 is 0.